The molecule has 2 aromatic rings. The van der Waals surface area contributed by atoms with E-state index in [2.05, 4.69) is 27.6 Å². The number of urea groups is 1. The molecule has 2 heterocycles. The molecule has 136 valence electrons. The molecule has 0 unspecified atom stereocenters. The van der Waals surface area contributed by atoms with E-state index in [-0.39, 0.29) is 11.9 Å². The van der Waals surface area contributed by atoms with Crippen LogP contribution in [-0.4, -0.2) is 59.9 Å². The van der Waals surface area contributed by atoms with E-state index < -0.39 is 0 Å². The first-order chi connectivity index (χ1) is 12.6. The maximum Gasteiger partial charge on any atom is 0.319 e. The van der Waals surface area contributed by atoms with Crippen molar-refractivity contribution in [2.75, 3.05) is 38.5 Å². The molecular weight excluding hydrogens is 330 g/mol. The van der Waals surface area contributed by atoms with Gasteiger partial charge in [-0.05, 0) is 36.9 Å². The van der Waals surface area contributed by atoms with Crippen LogP contribution < -0.4 is 10.6 Å². The number of likely N-dealkylation sites (N-methyl/N-ethyl adjacent to an activating group) is 1. The van der Waals surface area contributed by atoms with Crippen LogP contribution in [0, 0.1) is 0 Å². The average molecular weight is 353 g/mol. The number of carbonyl (C=O) groups excluding carboxylic acids is 2. The fourth-order valence-electron chi connectivity index (χ4n) is 2.78. The summed E-state index contributed by atoms with van der Waals surface area (Å²) < 4.78 is 0. The van der Waals surface area contributed by atoms with Crippen LogP contribution in [0.4, 0.5) is 10.5 Å². The van der Waals surface area contributed by atoms with Gasteiger partial charge in [0.05, 0.1) is 0 Å². The molecule has 7 heteroatoms. The number of piperazine rings is 1. The van der Waals surface area contributed by atoms with E-state index in [4.69, 9.17) is 0 Å². The van der Waals surface area contributed by atoms with E-state index in [9.17, 15) is 9.59 Å². The average Bonchev–Trinajstić information content (AvgIpc) is 2.67. The Balaban J connectivity index is 1.56. The van der Waals surface area contributed by atoms with Gasteiger partial charge in [-0.3, -0.25) is 9.78 Å². The van der Waals surface area contributed by atoms with Gasteiger partial charge in [-0.15, -0.1) is 0 Å². The monoisotopic (exact) mass is 353 g/mol. The molecule has 0 saturated carbocycles. The number of hydrogen-bond acceptors (Lipinski definition) is 4. The van der Waals surface area contributed by atoms with Gasteiger partial charge >= 0.3 is 6.03 Å². The normalized spacial score (nSPS) is 14.7. The summed E-state index contributed by atoms with van der Waals surface area (Å²) in [7, 11) is 2.05. The zero-order valence-electron chi connectivity index (χ0n) is 14.8. The predicted molar refractivity (Wildman–Crippen MR) is 99.9 cm³/mol. The SMILES string of the molecule is CN1CCN(C(=O)c2cccc(NC(=O)NCc3cccnc3)c2)CC1. The Morgan fingerprint density at radius 2 is 1.92 bits per heavy atom. The third kappa shape index (κ3) is 4.80. The first-order valence-corrected chi connectivity index (χ1v) is 8.63. The smallest absolute Gasteiger partial charge is 0.319 e. The van der Waals surface area contributed by atoms with Crippen molar-refractivity contribution in [1.29, 1.82) is 0 Å². The summed E-state index contributed by atoms with van der Waals surface area (Å²) in [6.07, 6.45) is 3.39. The van der Waals surface area contributed by atoms with Gasteiger partial charge in [0.1, 0.15) is 0 Å². The van der Waals surface area contributed by atoms with Crippen molar-refractivity contribution in [1.82, 2.24) is 20.1 Å². The molecule has 0 spiro atoms. The van der Waals surface area contributed by atoms with Crippen LogP contribution in [0.5, 0.6) is 0 Å². The minimum atomic E-state index is -0.321. The minimum absolute atomic E-state index is 0.00230. The van der Waals surface area contributed by atoms with E-state index in [1.165, 1.54) is 0 Å². The number of hydrogen-bond donors (Lipinski definition) is 2. The third-order valence-corrected chi connectivity index (χ3v) is 4.33. The molecular formula is C19H23N5O2. The van der Waals surface area contributed by atoms with E-state index in [1.807, 2.05) is 17.0 Å². The van der Waals surface area contributed by atoms with Gasteiger partial charge in [0.2, 0.25) is 0 Å². The fraction of sp³-hybridized carbons (Fsp3) is 0.316. The lowest BCUT2D eigenvalue weighted by Gasteiger charge is -2.32. The Kier molecular flexibility index (Phi) is 5.80. The summed E-state index contributed by atoms with van der Waals surface area (Å²) in [5, 5.41) is 5.54. The van der Waals surface area contributed by atoms with Crippen molar-refractivity contribution >= 4 is 17.6 Å². The quantitative estimate of drug-likeness (QED) is 0.879. The molecule has 1 aliphatic rings. The summed E-state index contributed by atoms with van der Waals surface area (Å²) in [6.45, 7) is 3.58. The van der Waals surface area contributed by atoms with Crippen LogP contribution in [0.3, 0.4) is 0 Å². The largest absolute Gasteiger partial charge is 0.336 e. The van der Waals surface area contributed by atoms with Crippen molar-refractivity contribution in [3.05, 3.63) is 59.9 Å². The number of pyridine rings is 1. The molecule has 0 atom stereocenters. The molecule has 1 aliphatic heterocycles. The second-order valence-electron chi connectivity index (χ2n) is 6.35. The Morgan fingerprint density at radius 1 is 1.12 bits per heavy atom. The highest BCUT2D eigenvalue weighted by molar-refractivity contribution is 5.97. The van der Waals surface area contributed by atoms with Crippen molar-refractivity contribution in [3.8, 4) is 0 Å². The lowest BCUT2D eigenvalue weighted by molar-refractivity contribution is 0.0664. The summed E-state index contributed by atoms with van der Waals surface area (Å²) in [5.74, 6) is -0.00230. The van der Waals surface area contributed by atoms with Gasteiger partial charge in [-0.25, -0.2) is 4.79 Å². The molecule has 3 amide bonds. The van der Waals surface area contributed by atoms with Crippen molar-refractivity contribution in [2.45, 2.75) is 6.54 Å². The molecule has 1 saturated heterocycles. The number of nitrogens with one attached hydrogen (secondary N) is 2. The minimum Gasteiger partial charge on any atom is -0.336 e. The van der Waals surface area contributed by atoms with Gasteiger partial charge in [-0.2, -0.15) is 0 Å². The van der Waals surface area contributed by atoms with Crippen LogP contribution in [0.15, 0.2) is 48.8 Å². The molecule has 1 aromatic carbocycles. The maximum absolute atomic E-state index is 12.6. The van der Waals surface area contributed by atoms with Gasteiger partial charge in [-0.1, -0.05) is 12.1 Å². The van der Waals surface area contributed by atoms with Crippen molar-refractivity contribution in [2.24, 2.45) is 0 Å². The highest BCUT2D eigenvalue weighted by Crippen LogP contribution is 2.14. The second kappa shape index (κ2) is 8.44. The first kappa shape index (κ1) is 17.9. The Labute approximate surface area is 153 Å². The summed E-state index contributed by atoms with van der Waals surface area (Å²) >= 11 is 0. The van der Waals surface area contributed by atoms with Gasteiger partial charge < -0.3 is 20.4 Å². The number of aromatic nitrogens is 1. The van der Waals surface area contributed by atoms with E-state index >= 15 is 0 Å². The number of benzene rings is 1. The third-order valence-electron chi connectivity index (χ3n) is 4.33. The van der Waals surface area contributed by atoms with Crippen LogP contribution in [0.25, 0.3) is 0 Å². The van der Waals surface area contributed by atoms with Crippen LogP contribution >= 0.6 is 0 Å². The summed E-state index contributed by atoms with van der Waals surface area (Å²) in [4.78, 5) is 32.7. The highest BCUT2D eigenvalue weighted by atomic mass is 16.2. The van der Waals surface area contributed by atoms with Crippen LogP contribution in [-0.2, 0) is 6.54 Å². The maximum atomic E-state index is 12.6. The van der Waals surface area contributed by atoms with Gasteiger partial charge in [0.25, 0.3) is 5.91 Å². The van der Waals surface area contributed by atoms with Gasteiger partial charge in [0.15, 0.2) is 0 Å². The molecule has 7 nitrogen and oxygen atoms in total. The Morgan fingerprint density at radius 3 is 2.65 bits per heavy atom. The topological polar surface area (TPSA) is 77.6 Å². The molecule has 1 fully saturated rings. The number of nitrogens with zero attached hydrogens (tertiary/aromatic N) is 3. The van der Waals surface area contributed by atoms with E-state index in [0.29, 0.717) is 17.8 Å². The molecule has 1 aromatic heterocycles. The standard InChI is InChI=1S/C19H23N5O2/c1-23-8-10-24(11-9-23)18(25)16-5-2-6-17(12-16)22-19(26)21-14-15-4-3-7-20-13-15/h2-7,12-13H,8-11,14H2,1H3,(H2,21,22,26). The fourth-order valence-corrected chi connectivity index (χ4v) is 2.78. The molecule has 0 radical (unpaired) electrons. The zero-order valence-corrected chi connectivity index (χ0v) is 14.8. The van der Waals surface area contributed by atoms with E-state index in [1.54, 1.807) is 36.7 Å². The molecule has 0 bridgehead atoms. The second-order valence-corrected chi connectivity index (χ2v) is 6.35. The lowest BCUT2D eigenvalue weighted by Crippen LogP contribution is -2.47. The molecule has 26 heavy (non-hydrogen) atoms. The first-order valence-electron chi connectivity index (χ1n) is 8.63. The lowest BCUT2D eigenvalue weighted by atomic mass is 10.1. The predicted octanol–water partition coefficient (Wildman–Crippen LogP) is 1.79. The number of anilines is 1. The number of rotatable bonds is 4. The van der Waals surface area contributed by atoms with Crippen molar-refractivity contribution < 1.29 is 9.59 Å². The van der Waals surface area contributed by atoms with Crippen LogP contribution in [0.1, 0.15) is 15.9 Å². The number of amides is 3. The molecule has 3 rings (SSSR count). The highest BCUT2D eigenvalue weighted by Gasteiger charge is 2.20. The zero-order chi connectivity index (χ0) is 18.4. The Bertz CT molecular complexity index is 758. The van der Waals surface area contributed by atoms with E-state index in [0.717, 1.165) is 31.7 Å². The van der Waals surface area contributed by atoms with Crippen molar-refractivity contribution in [3.63, 3.8) is 0 Å². The molecule has 0 aliphatic carbocycles. The van der Waals surface area contributed by atoms with Crippen LogP contribution in [0.2, 0.25) is 0 Å². The van der Waals surface area contributed by atoms with Gasteiger partial charge in [0, 0.05) is 56.4 Å². The number of carbonyl (C=O) groups is 2. The molecule has 2 N–H and O–H groups in total. The summed E-state index contributed by atoms with van der Waals surface area (Å²) in [6, 6.07) is 10.4. The summed E-state index contributed by atoms with van der Waals surface area (Å²) in [5.41, 5.74) is 2.09. The Hall–Kier alpha value is -2.93.